The summed E-state index contributed by atoms with van der Waals surface area (Å²) in [5, 5.41) is 10.5. The van der Waals surface area contributed by atoms with Crippen LogP contribution in [0.3, 0.4) is 0 Å². The molecule has 7 rings (SSSR count). The number of likely N-dealkylation sites (N-methyl/N-ethyl adjacent to an activating group) is 1. The van der Waals surface area contributed by atoms with Gasteiger partial charge in [0.05, 0.1) is 11.4 Å². The number of fused-ring (bicyclic) bond motifs is 3. The molecule has 2 aliphatic rings. The van der Waals surface area contributed by atoms with Gasteiger partial charge in [-0.1, -0.05) is 54.6 Å². The summed E-state index contributed by atoms with van der Waals surface area (Å²) in [7, 11) is 2.07. The van der Waals surface area contributed by atoms with Crippen molar-refractivity contribution < 1.29 is 9.59 Å². The highest BCUT2D eigenvalue weighted by molar-refractivity contribution is 6.20. The summed E-state index contributed by atoms with van der Waals surface area (Å²) in [5.74, 6) is -0.915. The first-order valence-electron chi connectivity index (χ1n) is 13.1. The number of benzene rings is 3. The summed E-state index contributed by atoms with van der Waals surface area (Å²) in [6.07, 6.45) is 3.13. The summed E-state index contributed by atoms with van der Waals surface area (Å²) in [4.78, 5) is 38.8. The molecule has 4 heterocycles. The summed E-state index contributed by atoms with van der Waals surface area (Å²) >= 11 is 0. The van der Waals surface area contributed by atoms with Crippen molar-refractivity contribution in [3.63, 3.8) is 0 Å². The first-order chi connectivity index (χ1) is 19.6. The number of amides is 2. The van der Waals surface area contributed by atoms with Crippen molar-refractivity contribution in [2.24, 2.45) is 4.99 Å². The molecule has 9 nitrogen and oxygen atoms in total. The molecule has 40 heavy (non-hydrogen) atoms. The van der Waals surface area contributed by atoms with Crippen LogP contribution in [0, 0.1) is 0 Å². The SMILES string of the molecule is CN1CCc2cc(-c3nn4cccnc4c3C(=O)N[C@H]3N=C(c4ccccc4)c4ccccc4NC3=O)ccc21. The number of hydrogen-bond donors (Lipinski definition) is 2. The highest BCUT2D eigenvalue weighted by Gasteiger charge is 2.30. The van der Waals surface area contributed by atoms with Crippen LogP contribution in [0.5, 0.6) is 0 Å². The van der Waals surface area contributed by atoms with Crippen molar-refractivity contribution in [2.45, 2.75) is 12.6 Å². The molecule has 0 saturated carbocycles. The second-order valence-corrected chi connectivity index (χ2v) is 9.88. The van der Waals surface area contributed by atoms with Gasteiger partial charge in [0.1, 0.15) is 11.3 Å². The number of aromatic nitrogens is 3. The van der Waals surface area contributed by atoms with E-state index in [1.807, 2.05) is 60.7 Å². The Hall–Kier alpha value is -5.31. The topological polar surface area (TPSA) is 104 Å². The first-order valence-corrected chi connectivity index (χ1v) is 13.1. The van der Waals surface area contributed by atoms with E-state index in [1.54, 1.807) is 23.0 Å². The molecule has 0 fully saturated rings. The number of benzodiazepines with no additional fused rings is 1. The van der Waals surface area contributed by atoms with Crippen LogP contribution in [0.25, 0.3) is 16.9 Å². The van der Waals surface area contributed by atoms with Gasteiger partial charge in [0.25, 0.3) is 11.8 Å². The third-order valence-corrected chi connectivity index (χ3v) is 7.36. The van der Waals surface area contributed by atoms with Gasteiger partial charge in [-0.05, 0) is 36.2 Å². The lowest BCUT2D eigenvalue weighted by molar-refractivity contribution is -0.117. The Kier molecular flexibility index (Phi) is 5.62. The zero-order chi connectivity index (χ0) is 27.2. The summed E-state index contributed by atoms with van der Waals surface area (Å²) in [6.45, 7) is 0.944. The van der Waals surface area contributed by atoms with Crippen molar-refractivity contribution in [1.29, 1.82) is 0 Å². The lowest BCUT2D eigenvalue weighted by Crippen LogP contribution is -2.42. The molecule has 9 heteroatoms. The fraction of sp³-hybridized carbons (Fsp3) is 0.129. The number of hydrogen-bond acceptors (Lipinski definition) is 6. The van der Waals surface area contributed by atoms with Crippen molar-refractivity contribution in [3.8, 4) is 11.3 Å². The Morgan fingerprint density at radius 3 is 2.70 bits per heavy atom. The molecule has 0 saturated heterocycles. The molecule has 2 aromatic heterocycles. The second-order valence-electron chi connectivity index (χ2n) is 9.88. The minimum atomic E-state index is -1.17. The second kappa shape index (κ2) is 9.46. The number of para-hydroxylation sites is 1. The minimum Gasteiger partial charge on any atom is -0.374 e. The minimum absolute atomic E-state index is 0.290. The first kappa shape index (κ1) is 23.8. The molecule has 0 radical (unpaired) electrons. The van der Waals surface area contributed by atoms with Crippen LogP contribution in [0.4, 0.5) is 11.4 Å². The summed E-state index contributed by atoms with van der Waals surface area (Å²) < 4.78 is 1.59. The maximum atomic E-state index is 14.0. The van der Waals surface area contributed by atoms with Gasteiger partial charge in [0.2, 0.25) is 6.17 Å². The molecule has 2 aliphatic heterocycles. The van der Waals surface area contributed by atoms with Crippen LogP contribution in [0.15, 0.2) is 96.2 Å². The molecular formula is C31H25N7O2. The maximum absolute atomic E-state index is 14.0. The van der Waals surface area contributed by atoms with Crippen LogP contribution in [0.1, 0.15) is 27.0 Å². The van der Waals surface area contributed by atoms with E-state index >= 15 is 0 Å². The normalized spacial score (nSPS) is 16.1. The van der Waals surface area contributed by atoms with E-state index in [0.29, 0.717) is 22.7 Å². The molecule has 5 aromatic rings. The lowest BCUT2D eigenvalue weighted by atomic mass is 10.0. The van der Waals surface area contributed by atoms with Gasteiger partial charge >= 0.3 is 0 Å². The molecule has 0 bridgehead atoms. The number of carbonyl (C=O) groups is 2. The van der Waals surface area contributed by atoms with E-state index in [1.165, 1.54) is 11.3 Å². The third-order valence-electron chi connectivity index (χ3n) is 7.36. The van der Waals surface area contributed by atoms with E-state index in [2.05, 4.69) is 39.7 Å². The summed E-state index contributed by atoms with van der Waals surface area (Å²) in [6, 6.07) is 25.0. The average molecular weight is 528 g/mol. The van der Waals surface area contributed by atoms with Gasteiger partial charge in [0, 0.05) is 48.4 Å². The van der Waals surface area contributed by atoms with Crippen LogP contribution in [-0.4, -0.2) is 51.9 Å². The number of anilines is 2. The molecule has 0 spiro atoms. The van der Waals surface area contributed by atoms with Crippen molar-refractivity contribution >= 4 is 34.5 Å². The third kappa shape index (κ3) is 3.99. The number of rotatable bonds is 4. The van der Waals surface area contributed by atoms with Crippen molar-refractivity contribution in [1.82, 2.24) is 19.9 Å². The Labute approximate surface area is 230 Å². The van der Waals surface area contributed by atoms with Crippen LogP contribution in [0.2, 0.25) is 0 Å². The maximum Gasteiger partial charge on any atom is 0.269 e. The molecule has 0 aliphatic carbocycles. The highest BCUT2D eigenvalue weighted by atomic mass is 16.2. The predicted octanol–water partition coefficient (Wildman–Crippen LogP) is 3.93. The van der Waals surface area contributed by atoms with E-state index in [-0.39, 0.29) is 5.56 Å². The van der Waals surface area contributed by atoms with E-state index < -0.39 is 18.0 Å². The average Bonchev–Trinajstić information content (AvgIpc) is 3.52. The summed E-state index contributed by atoms with van der Waals surface area (Å²) in [5.41, 5.74) is 7.24. The van der Waals surface area contributed by atoms with Gasteiger partial charge < -0.3 is 15.5 Å². The van der Waals surface area contributed by atoms with Gasteiger partial charge in [-0.3, -0.25) is 9.59 Å². The molecule has 0 unspecified atom stereocenters. The van der Waals surface area contributed by atoms with E-state index in [0.717, 1.165) is 29.7 Å². The fourth-order valence-corrected chi connectivity index (χ4v) is 5.39. The van der Waals surface area contributed by atoms with E-state index in [9.17, 15) is 9.59 Å². The zero-order valence-electron chi connectivity index (χ0n) is 21.7. The molecule has 2 N–H and O–H groups in total. The monoisotopic (exact) mass is 527 g/mol. The Bertz CT molecular complexity index is 1830. The van der Waals surface area contributed by atoms with Crippen LogP contribution in [-0.2, 0) is 11.2 Å². The number of nitrogens with one attached hydrogen (secondary N) is 2. The van der Waals surface area contributed by atoms with Gasteiger partial charge in [-0.15, -0.1) is 0 Å². The Morgan fingerprint density at radius 1 is 1.00 bits per heavy atom. The number of carbonyl (C=O) groups excluding carboxylic acids is 2. The van der Waals surface area contributed by atoms with E-state index in [4.69, 9.17) is 10.1 Å². The fourth-order valence-electron chi connectivity index (χ4n) is 5.39. The predicted molar refractivity (Wildman–Crippen MR) is 154 cm³/mol. The van der Waals surface area contributed by atoms with Crippen molar-refractivity contribution in [2.75, 3.05) is 23.8 Å². The van der Waals surface area contributed by atoms with Gasteiger partial charge in [-0.2, -0.15) is 5.10 Å². The molecule has 3 aromatic carbocycles. The number of aliphatic imine (C=N–C) groups is 1. The van der Waals surface area contributed by atoms with Crippen LogP contribution < -0.4 is 15.5 Å². The Morgan fingerprint density at radius 2 is 1.82 bits per heavy atom. The zero-order valence-corrected chi connectivity index (χ0v) is 21.7. The number of nitrogens with zero attached hydrogens (tertiary/aromatic N) is 5. The highest BCUT2D eigenvalue weighted by Crippen LogP contribution is 2.33. The molecular weight excluding hydrogens is 502 g/mol. The van der Waals surface area contributed by atoms with Gasteiger partial charge in [0.15, 0.2) is 5.65 Å². The molecule has 1 atom stereocenters. The largest absolute Gasteiger partial charge is 0.374 e. The smallest absolute Gasteiger partial charge is 0.269 e. The molecule has 2 amide bonds. The lowest BCUT2D eigenvalue weighted by Gasteiger charge is -2.14. The standard InChI is InChI=1S/C31H25N7O2/c1-37-17-14-20-18-21(12-13-24(20)37)27-25(29-32-15-7-16-38(29)36-27)30(39)35-28-31(40)33-23-11-6-5-10-22(23)26(34-28)19-8-3-2-4-9-19/h2-13,15-16,18,28H,14,17H2,1H3,(H,33,40)(H,35,39)/t28-/m1/s1. The quantitative estimate of drug-likeness (QED) is 0.369. The Balaban J connectivity index is 1.31. The van der Waals surface area contributed by atoms with Gasteiger partial charge in [-0.25, -0.2) is 14.5 Å². The molecule has 196 valence electrons. The van der Waals surface area contributed by atoms with Crippen molar-refractivity contribution in [3.05, 3.63) is 114 Å². The van der Waals surface area contributed by atoms with Crippen LogP contribution >= 0.6 is 0 Å².